The summed E-state index contributed by atoms with van der Waals surface area (Å²) in [5.41, 5.74) is 0.857. The standard InChI is InChI=1S/C17H15BrFN5O2S/c1-2-7-27-17-21-8-12(18)14(23-17)16(25)20-9-13-22-15(24-26-13)10-3-5-11(19)6-4-10/h3-6,8H,2,7,9H2,1H3,(H,20,25). The lowest BCUT2D eigenvalue weighted by Crippen LogP contribution is -2.24. The van der Waals surface area contributed by atoms with Gasteiger partial charge in [-0.2, -0.15) is 4.98 Å². The van der Waals surface area contributed by atoms with Gasteiger partial charge < -0.3 is 9.84 Å². The van der Waals surface area contributed by atoms with Crippen LogP contribution in [0.3, 0.4) is 0 Å². The van der Waals surface area contributed by atoms with E-state index in [0.717, 1.165) is 12.2 Å². The minimum atomic E-state index is -0.385. The number of halogens is 2. The molecule has 2 aromatic heterocycles. The molecule has 3 aromatic rings. The van der Waals surface area contributed by atoms with Crippen LogP contribution in [0, 0.1) is 5.82 Å². The number of amides is 1. The first-order valence-corrected chi connectivity index (χ1v) is 9.86. The molecular formula is C17H15BrFN5O2S. The van der Waals surface area contributed by atoms with Crippen molar-refractivity contribution in [2.45, 2.75) is 25.0 Å². The first-order chi connectivity index (χ1) is 13.1. The van der Waals surface area contributed by atoms with Gasteiger partial charge in [0, 0.05) is 17.5 Å². The average molecular weight is 452 g/mol. The maximum atomic E-state index is 13.0. The Balaban J connectivity index is 1.65. The summed E-state index contributed by atoms with van der Waals surface area (Å²) in [6, 6.07) is 5.73. The Morgan fingerprint density at radius 1 is 1.30 bits per heavy atom. The highest BCUT2D eigenvalue weighted by atomic mass is 79.9. The quantitative estimate of drug-likeness (QED) is 0.430. The van der Waals surface area contributed by atoms with Gasteiger partial charge in [-0.1, -0.05) is 23.8 Å². The third-order valence-corrected chi connectivity index (χ3v) is 4.99. The highest BCUT2D eigenvalue weighted by molar-refractivity contribution is 9.10. The number of hydrogen-bond donors (Lipinski definition) is 1. The Kier molecular flexibility index (Phi) is 6.51. The molecule has 10 heteroatoms. The number of carbonyl (C=O) groups is 1. The molecule has 2 heterocycles. The smallest absolute Gasteiger partial charge is 0.271 e. The van der Waals surface area contributed by atoms with Crippen LogP contribution in [-0.2, 0) is 6.54 Å². The van der Waals surface area contributed by atoms with Crippen LogP contribution in [0.5, 0.6) is 0 Å². The van der Waals surface area contributed by atoms with Crippen molar-refractivity contribution >= 4 is 33.6 Å². The maximum absolute atomic E-state index is 13.0. The van der Waals surface area contributed by atoms with Crippen molar-refractivity contribution in [2.24, 2.45) is 0 Å². The first kappa shape index (κ1) is 19.4. The largest absolute Gasteiger partial charge is 0.342 e. The number of carbonyl (C=O) groups excluding carboxylic acids is 1. The molecule has 27 heavy (non-hydrogen) atoms. The summed E-state index contributed by atoms with van der Waals surface area (Å²) in [5, 5.41) is 7.07. The normalized spacial score (nSPS) is 10.8. The number of nitrogens with one attached hydrogen (secondary N) is 1. The molecule has 0 unspecified atom stereocenters. The minimum Gasteiger partial charge on any atom is -0.342 e. The van der Waals surface area contributed by atoms with Crippen molar-refractivity contribution < 1.29 is 13.7 Å². The van der Waals surface area contributed by atoms with E-state index in [1.54, 1.807) is 18.3 Å². The van der Waals surface area contributed by atoms with E-state index in [1.165, 1.54) is 23.9 Å². The number of thioether (sulfide) groups is 1. The van der Waals surface area contributed by atoms with Gasteiger partial charge in [-0.15, -0.1) is 0 Å². The van der Waals surface area contributed by atoms with Crippen LogP contribution in [0.15, 0.2) is 44.6 Å². The zero-order valence-electron chi connectivity index (χ0n) is 14.3. The van der Waals surface area contributed by atoms with E-state index in [-0.39, 0.29) is 29.9 Å². The summed E-state index contributed by atoms with van der Waals surface area (Å²) in [5.74, 6) is 0.691. The molecule has 0 bridgehead atoms. The number of benzene rings is 1. The van der Waals surface area contributed by atoms with Gasteiger partial charge in [-0.3, -0.25) is 4.79 Å². The van der Waals surface area contributed by atoms with Crippen LogP contribution >= 0.6 is 27.7 Å². The Morgan fingerprint density at radius 2 is 2.07 bits per heavy atom. The Labute approximate surface area is 167 Å². The van der Waals surface area contributed by atoms with Crippen molar-refractivity contribution in [2.75, 3.05) is 5.75 Å². The third-order valence-electron chi connectivity index (χ3n) is 3.34. The van der Waals surface area contributed by atoms with E-state index < -0.39 is 0 Å². The van der Waals surface area contributed by atoms with Crippen molar-refractivity contribution in [3.8, 4) is 11.4 Å². The maximum Gasteiger partial charge on any atom is 0.271 e. The zero-order valence-corrected chi connectivity index (χ0v) is 16.7. The molecule has 0 fully saturated rings. The first-order valence-electron chi connectivity index (χ1n) is 8.09. The summed E-state index contributed by atoms with van der Waals surface area (Å²) >= 11 is 4.78. The molecule has 0 atom stereocenters. The molecule has 0 saturated heterocycles. The Hall–Kier alpha value is -2.33. The molecule has 0 aliphatic heterocycles. The van der Waals surface area contributed by atoms with Crippen LogP contribution in [0.2, 0.25) is 0 Å². The fourth-order valence-electron chi connectivity index (χ4n) is 2.06. The van der Waals surface area contributed by atoms with Gasteiger partial charge in [0.1, 0.15) is 11.5 Å². The molecular weight excluding hydrogens is 437 g/mol. The summed E-state index contributed by atoms with van der Waals surface area (Å²) < 4.78 is 18.6. The molecule has 1 N–H and O–H groups in total. The molecule has 1 amide bonds. The van der Waals surface area contributed by atoms with E-state index in [4.69, 9.17) is 4.52 Å². The molecule has 0 aliphatic rings. The molecule has 140 valence electrons. The lowest BCUT2D eigenvalue weighted by Gasteiger charge is -2.05. The molecule has 0 spiro atoms. The van der Waals surface area contributed by atoms with Crippen molar-refractivity contribution in [3.63, 3.8) is 0 Å². The van der Waals surface area contributed by atoms with Crippen molar-refractivity contribution in [1.29, 1.82) is 0 Å². The van der Waals surface area contributed by atoms with Gasteiger partial charge in [0.2, 0.25) is 11.7 Å². The number of aromatic nitrogens is 4. The summed E-state index contributed by atoms with van der Waals surface area (Å²) in [6.45, 7) is 2.10. The lowest BCUT2D eigenvalue weighted by atomic mass is 10.2. The molecule has 0 aliphatic carbocycles. The van der Waals surface area contributed by atoms with Crippen LogP contribution in [0.1, 0.15) is 29.7 Å². The van der Waals surface area contributed by atoms with Gasteiger partial charge >= 0.3 is 0 Å². The van der Waals surface area contributed by atoms with Gasteiger partial charge in [-0.25, -0.2) is 14.4 Å². The average Bonchev–Trinajstić information content (AvgIpc) is 3.15. The summed E-state index contributed by atoms with van der Waals surface area (Å²) in [4.78, 5) is 25.1. The SMILES string of the molecule is CCCSc1ncc(Br)c(C(=O)NCc2nc(-c3ccc(F)cc3)no2)n1. The Bertz CT molecular complexity index is 935. The van der Waals surface area contributed by atoms with Crippen LogP contribution < -0.4 is 5.32 Å². The molecule has 3 rings (SSSR count). The van der Waals surface area contributed by atoms with E-state index in [9.17, 15) is 9.18 Å². The van der Waals surface area contributed by atoms with E-state index in [1.807, 2.05) is 0 Å². The zero-order chi connectivity index (χ0) is 19.2. The second-order valence-electron chi connectivity index (χ2n) is 5.40. The second kappa shape index (κ2) is 9.05. The third kappa shape index (κ3) is 5.10. The fraction of sp³-hybridized carbons (Fsp3) is 0.235. The van der Waals surface area contributed by atoms with Crippen molar-refractivity contribution in [1.82, 2.24) is 25.4 Å². The van der Waals surface area contributed by atoms with Crippen molar-refractivity contribution in [3.05, 3.63) is 52.3 Å². The minimum absolute atomic E-state index is 0.0426. The monoisotopic (exact) mass is 451 g/mol. The predicted octanol–water partition coefficient (Wildman–Crippen LogP) is 3.86. The number of hydrogen-bond acceptors (Lipinski definition) is 7. The van der Waals surface area contributed by atoms with E-state index in [0.29, 0.717) is 21.0 Å². The number of rotatable bonds is 7. The van der Waals surface area contributed by atoms with Crippen LogP contribution in [0.25, 0.3) is 11.4 Å². The Morgan fingerprint density at radius 3 is 2.81 bits per heavy atom. The van der Waals surface area contributed by atoms with E-state index in [2.05, 4.69) is 48.3 Å². The highest BCUT2D eigenvalue weighted by Crippen LogP contribution is 2.20. The fourth-order valence-corrected chi connectivity index (χ4v) is 3.10. The van der Waals surface area contributed by atoms with Gasteiger partial charge in [0.05, 0.1) is 11.0 Å². The van der Waals surface area contributed by atoms with Crippen LogP contribution in [-0.4, -0.2) is 31.8 Å². The van der Waals surface area contributed by atoms with Gasteiger partial charge in [0.15, 0.2) is 5.16 Å². The van der Waals surface area contributed by atoms with Gasteiger partial charge in [-0.05, 0) is 46.6 Å². The number of nitrogens with zero attached hydrogens (tertiary/aromatic N) is 4. The second-order valence-corrected chi connectivity index (χ2v) is 7.32. The topological polar surface area (TPSA) is 93.8 Å². The summed E-state index contributed by atoms with van der Waals surface area (Å²) in [6.07, 6.45) is 2.54. The molecule has 0 radical (unpaired) electrons. The molecule has 1 aromatic carbocycles. The highest BCUT2D eigenvalue weighted by Gasteiger charge is 2.16. The van der Waals surface area contributed by atoms with E-state index >= 15 is 0 Å². The predicted molar refractivity (Wildman–Crippen MR) is 102 cm³/mol. The summed E-state index contributed by atoms with van der Waals surface area (Å²) in [7, 11) is 0. The molecule has 0 saturated carbocycles. The van der Waals surface area contributed by atoms with Gasteiger partial charge in [0.25, 0.3) is 5.91 Å². The van der Waals surface area contributed by atoms with Crippen LogP contribution in [0.4, 0.5) is 4.39 Å². The lowest BCUT2D eigenvalue weighted by molar-refractivity contribution is 0.0939. The molecule has 7 nitrogen and oxygen atoms in total.